The second-order valence-corrected chi connectivity index (χ2v) is 12.7. The molecule has 0 aliphatic carbocycles. The number of hydrogen-bond donors (Lipinski definition) is 0. The minimum atomic E-state index is -1.79. The van der Waals surface area contributed by atoms with Crippen LogP contribution in [0.25, 0.3) is 21.8 Å². The molecule has 0 atom stereocenters. The Morgan fingerprint density at radius 1 is 0.722 bits per heavy atom. The molecule has 3 rings (SSSR count). The van der Waals surface area contributed by atoms with Crippen molar-refractivity contribution in [1.82, 2.24) is 9.97 Å². The van der Waals surface area contributed by atoms with Crippen LogP contribution in [0.1, 0.15) is 0 Å². The molecule has 6 heteroatoms. The Kier molecular flexibility index (Phi) is 5.25. The minimum absolute atomic E-state index is 0.977. The monoisotopic (exact) mass is 482 g/mol. The predicted molar refractivity (Wildman–Crippen MR) is 74.6 cm³/mol. The number of halogens is 3. The maximum atomic E-state index is 4.95. The van der Waals surface area contributed by atoms with E-state index in [4.69, 9.17) is 27.6 Å². The summed E-state index contributed by atoms with van der Waals surface area (Å²) in [4.78, 5) is 8.69. The van der Waals surface area contributed by atoms with E-state index in [1.165, 1.54) is 0 Å². The van der Waals surface area contributed by atoms with E-state index in [9.17, 15) is 0 Å². The molecule has 2 nitrogen and oxygen atoms in total. The molecular formula is C12H8AuCl3N2. The Morgan fingerprint density at radius 2 is 1.11 bits per heavy atom. The number of hydrogen-bond acceptors (Lipinski definition) is 2. The van der Waals surface area contributed by atoms with Crippen molar-refractivity contribution >= 4 is 49.4 Å². The van der Waals surface area contributed by atoms with Crippen LogP contribution in [0.2, 0.25) is 0 Å². The smallest absolute Gasteiger partial charge is 0.0964 e. The van der Waals surface area contributed by atoms with Crippen LogP contribution in [0.15, 0.2) is 48.8 Å². The van der Waals surface area contributed by atoms with Gasteiger partial charge in [0.15, 0.2) is 0 Å². The van der Waals surface area contributed by atoms with E-state index >= 15 is 0 Å². The first kappa shape index (κ1) is 14.1. The predicted octanol–water partition coefficient (Wildman–Crippen LogP) is 4.85. The molecule has 0 aliphatic rings. The molecular weight excluding hydrogens is 475 g/mol. The molecule has 0 amide bonds. The zero-order chi connectivity index (χ0) is 13.0. The van der Waals surface area contributed by atoms with Crippen LogP contribution < -0.4 is 0 Å². The summed E-state index contributed by atoms with van der Waals surface area (Å²) in [7, 11) is 14.9. The minimum Gasteiger partial charge on any atom is -0.254 e. The summed E-state index contributed by atoms with van der Waals surface area (Å²) in [5.74, 6) is 0. The largest absolute Gasteiger partial charge is 0.254 e. The Bertz CT molecular complexity index is 603. The maximum absolute atomic E-state index is 4.95. The summed E-state index contributed by atoms with van der Waals surface area (Å²) in [6.45, 7) is 0. The standard InChI is InChI=1S/C12H8N2.Au.3ClH/c1-3-9-5-6-10-4-2-8-14-12(10)11(9)13-7-1;;;;/h1-8H;;3*1H/q;+3;;;/p-3. The number of benzene rings is 1. The molecule has 0 spiro atoms. The van der Waals surface area contributed by atoms with Crippen LogP contribution in [-0.2, 0) is 15.2 Å². The quantitative estimate of drug-likeness (QED) is 0.338. The van der Waals surface area contributed by atoms with E-state index in [-0.39, 0.29) is 0 Å². The fraction of sp³-hybridized carbons (Fsp3) is 0. The van der Waals surface area contributed by atoms with Crippen LogP contribution >= 0.6 is 27.6 Å². The topological polar surface area (TPSA) is 25.8 Å². The van der Waals surface area contributed by atoms with Gasteiger partial charge in [-0.15, -0.1) is 0 Å². The van der Waals surface area contributed by atoms with Crippen molar-refractivity contribution in [3.05, 3.63) is 48.8 Å². The van der Waals surface area contributed by atoms with Gasteiger partial charge in [-0.25, -0.2) is 0 Å². The first-order chi connectivity index (χ1) is 8.68. The second kappa shape index (κ2) is 6.71. The molecule has 0 fully saturated rings. The van der Waals surface area contributed by atoms with Crippen LogP contribution in [0.3, 0.4) is 0 Å². The normalized spacial score (nSPS) is 10.9. The molecule has 0 radical (unpaired) electrons. The van der Waals surface area contributed by atoms with Gasteiger partial charge in [0.25, 0.3) is 0 Å². The van der Waals surface area contributed by atoms with Gasteiger partial charge in [-0.1, -0.05) is 24.3 Å². The fourth-order valence-corrected chi connectivity index (χ4v) is 1.68. The van der Waals surface area contributed by atoms with Crippen LogP contribution in [0, 0.1) is 0 Å². The summed E-state index contributed by atoms with van der Waals surface area (Å²) < 4.78 is 0. The third-order valence-electron chi connectivity index (χ3n) is 2.34. The van der Waals surface area contributed by atoms with Gasteiger partial charge in [0, 0.05) is 23.2 Å². The SMILES string of the molecule is [Cl][Au]([Cl])[Cl].c1cnc2c(c1)ccc1cccnc12. The van der Waals surface area contributed by atoms with Crippen molar-refractivity contribution in [3.63, 3.8) is 0 Å². The molecule has 0 saturated heterocycles. The summed E-state index contributed by atoms with van der Waals surface area (Å²) in [6, 6.07) is 12.1. The summed E-state index contributed by atoms with van der Waals surface area (Å²) in [5, 5.41) is 2.28. The molecule has 0 unspecified atom stereocenters. The molecule has 1 aromatic carbocycles. The molecule has 2 aromatic heterocycles. The van der Waals surface area contributed by atoms with E-state index in [1.807, 2.05) is 12.1 Å². The first-order valence-corrected chi connectivity index (χ1v) is 12.9. The van der Waals surface area contributed by atoms with Gasteiger partial charge >= 0.3 is 42.8 Å². The van der Waals surface area contributed by atoms with Gasteiger partial charge in [-0.3, -0.25) is 9.97 Å². The van der Waals surface area contributed by atoms with Gasteiger partial charge in [0.1, 0.15) is 0 Å². The Balaban J connectivity index is 0.000000267. The number of rotatable bonds is 0. The molecule has 2 heterocycles. The van der Waals surface area contributed by atoms with Crippen molar-refractivity contribution < 1.29 is 15.2 Å². The number of fused-ring (bicyclic) bond motifs is 3. The summed E-state index contributed by atoms with van der Waals surface area (Å²) in [6.07, 6.45) is 3.60. The van der Waals surface area contributed by atoms with E-state index in [0.717, 1.165) is 21.8 Å². The average molecular weight is 484 g/mol. The summed E-state index contributed by atoms with van der Waals surface area (Å²) in [5.41, 5.74) is 1.95. The molecule has 0 aliphatic heterocycles. The fourth-order valence-electron chi connectivity index (χ4n) is 1.68. The van der Waals surface area contributed by atoms with Crippen LogP contribution in [-0.4, -0.2) is 9.97 Å². The van der Waals surface area contributed by atoms with Crippen molar-refractivity contribution in [2.75, 3.05) is 0 Å². The van der Waals surface area contributed by atoms with Crippen molar-refractivity contribution in [2.24, 2.45) is 0 Å². The number of aromatic nitrogens is 2. The van der Waals surface area contributed by atoms with Crippen molar-refractivity contribution in [3.8, 4) is 0 Å². The van der Waals surface area contributed by atoms with Crippen molar-refractivity contribution in [2.45, 2.75) is 0 Å². The molecule has 3 aromatic rings. The molecule has 98 valence electrons. The summed E-state index contributed by atoms with van der Waals surface area (Å²) >= 11 is -1.79. The van der Waals surface area contributed by atoms with E-state index in [0.29, 0.717) is 0 Å². The van der Waals surface area contributed by atoms with Gasteiger partial charge < -0.3 is 0 Å². The van der Waals surface area contributed by atoms with E-state index in [2.05, 4.69) is 34.2 Å². The Morgan fingerprint density at radius 3 is 1.50 bits per heavy atom. The van der Waals surface area contributed by atoms with Gasteiger partial charge in [-0.2, -0.15) is 0 Å². The average Bonchev–Trinajstić information content (AvgIpc) is 2.38. The number of pyridine rings is 2. The maximum Gasteiger partial charge on any atom is 0.0964 e. The molecule has 0 saturated carbocycles. The Labute approximate surface area is 122 Å². The third-order valence-corrected chi connectivity index (χ3v) is 2.34. The first-order valence-electron chi connectivity index (χ1n) is 4.88. The van der Waals surface area contributed by atoms with Gasteiger partial charge in [0.05, 0.1) is 11.0 Å². The molecule has 0 N–H and O–H groups in total. The molecule has 18 heavy (non-hydrogen) atoms. The van der Waals surface area contributed by atoms with Crippen molar-refractivity contribution in [1.29, 1.82) is 0 Å². The zero-order valence-corrected chi connectivity index (χ0v) is 13.4. The second-order valence-electron chi connectivity index (χ2n) is 3.35. The van der Waals surface area contributed by atoms with Gasteiger partial charge in [0.2, 0.25) is 0 Å². The van der Waals surface area contributed by atoms with E-state index in [1.54, 1.807) is 12.4 Å². The zero-order valence-electron chi connectivity index (χ0n) is 8.95. The number of nitrogens with zero attached hydrogens (tertiary/aromatic N) is 2. The van der Waals surface area contributed by atoms with Crippen LogP contribution in [0.5, 0.6) is 0 Å². The Hall–Kier alpha value is -0.350. The molecule has 0 bridgehead atoms. The van der Waals surface area contributed by atoms with Crippen LogP contribution in [0.4, 0.5) is 0 Å². The van der Waals surface area contributed by atoms with E-state index < -0.39 is 15.2 Å². The van der Waals surface area contributed by atoms with Gasteiger partial charge in [-0.05, 0) is 12.1 Å². The third kappa shape index (κ3) is 3.58.